The molecule has 2 aliphatic carbocycles. The maximum Gasteiger partial charge on any atom is 0.0445 e. The summed E-state index contributed by atoms with van der Waals surface area (Å²) in [4.78, 5) is 7.05. The molecule has 2 aliphatic rings. The van der Waals surface area contributed by atoms with Crippen LogP contribution in [0.2, 0.25) is 0 Å². The third kappa shape index (κ3) is 3.57. The zero-order chi connectivity index (χ0) is 14.8. The van der Waals surface area contributed by atoms with Crippen LogP contribution in [0.4, 0.5) is 5.69 Å². The van der Waals surface area contributed by atoms with Crippen LogP contribution < -0.4 is 10.2 Å². The van der Waals surface area contributed by atoms with Gasteiger partial charge < -0.3 is 10.2 Å². The van der Waals surface area contributed by atoms with Crippen LogP contribution in [0.15, 0.2) is 12.3 Å². The molecule has 3 heteroatoms. The number of anilines is 1. The number of hydrogen-bond donors (Lipinski definition) is 1. The van der Waals surface area contributed by atoms with E-state index < -0.39 is 0 Å². The Hall–Kier alpha value is -1.09. The highest BCUT2D eigenvalue weighted by molar-refractivity contribution is 5.54. The zero-order valence-electron chi connectivity index (χ0n) is 13.7. The summed E-state index contributed by atoms with van der Waals surface area (Å²) in [6.07, 6.45) is 10.2. The average Bonchev–Trinajstić information content (AvgIpc) is 3.30. The summed E-state index contributed by atoms with van der Waals surface area (Å²) in [5.74, 6) is 0.793. The van der Waals surface area contributed by atoms with Gasteiger partial charge in [0.25, 0.3) is 0 Å². The lowest BCUT2D eigenvalue weighted by molar-refractivity contribution is 0.321. The summed E-state index contributed by atoms with van der Waals surface area (Å²) < 4.78 is 0. The minimum atomic E-state index is 0.681. The summed E-state index contributed by atoms with van der Waals surface area (Å²) >= 11 is 0. The molecule has 0 radical (unpaired) electrons. The van der Waals surface area contributed by atoms with Crippen LogP contribution in [0.1, 0.15) is 56.7 Å². The fraction of sp³-hybridized carbons (Fsp3) is 0.722. The van der Waals surface area contributed by atoms with E-state index in [0.717, 1.165) is 24.2 Å². The van der Waals surface area contributed by atoms with Crippen molar-refractivity contribution in [1.82, 2.24) is 10.3 Å². The fourth-order valence-corrected chi connectivity index (χ4v) is 3.63. The molecular formula is C18H29N3. The molecule has 0 saturated heterocycles. The molecule has 0 aromatic carbocycles. The molecule has 1 aromatic rings. The number of aryl methyl sites for hydroxylation is 1. The van der Waals surface area contributed by atoms with Crippen molar-refractivity contribution < 1.29 is 0 Å². The second-order valence-corrected chi connectivity index (χ2v) is 7.05. The smallest absolute Gasteiger partial charge is 0.0445 e. The van der Waals surface area contributed by atoms with Crippen molar-refractivity contribution in [3.8, 4) is 0 Å². The summed E-state index contributed by atoms with van der Waals surface area (Å²) in [6.45, 7) is 5.47. The van der Waals surface area contributed by atoms with Gasteiger partial charge in [0.15, 0.2) is 0 Å². The highest BCUT2D eigenvalue weighted by Crippen LogP contribution is 2.32. The predicted octanol–water partition coefficient (Wildman–Crippen LogP) is 3.66. The third-order valence-electron chi connectivity index (χ3n) is 5.20. The third-order valence-corrected chi connectivity index (χ3v) is 5.20. The lowest BCUT2D eigenvalue weighted by atomic mass is 9.84. The number of nitrogens with one attached hydrogen (secondary N) is 1. The van der Waals surface area contributed by atoms with E-state index in [1.54, 1.807) is 0 Å². The van der Waals surface area contributed by atoms with Crippen LogP contribution in [0, 0.1) is 12.8 Å². The van der Waals surface area contributed by atoms with Crippen LogP contribution in [0.5, 0.6) is 0 Å². The Bertz CT molecular complexity index is 481. The van der Waals surface area contributed by atoms with E-state index in [2.05, 4.69) is 48.4 Å². The van der Waals surface area contributed by atoms with Crippen LogP contribution in [-0.2, 0) is 6.54 Å². The van der Waals surface area contributed by atoms with E-state index in [1.165, 1.54) is 49.8 Å². The molecule has 2 saturated carbocycles. The SMILES string of the molecule is Cc1cc(N(C)C2CCCCC2C)c(CNC2CC2)cn1. The highest BCUT2D eigenvalue weighted by atomic mass is 15.1. The van der Waals surface area contributed by atoms with E-state index in [4.69, 9.17) is 0 Å². The lowest BCUT2D eigenvalue weighted by Crippen LogP contribution is -2.39. The van der Waals surface area contributed by atoms with Crippen molar-refractivity contribution in [2.45, 2.75) is 71.0 Å². The highest BCUT2D eigenvalue weighted by Gasteiger charge is 2.27. The molecule has 2 fully saturated rings. The van der Waals surface area contributed by atoms with Gasteiger partial charge in [-0.25, -0.2) is 0 Å². The van der Waals surface area contributed by atoms with Crippen molar-refractivity contribution >= 4 is 5.69 Å². The maximum atomic E-state index is 4.52. The first-order chi connectivity index (χ1) is 10.1. The van der Waals surface area contributed by atoms with Crippen LogP contribution in [0.25, 0.3) is 0 Å². The molecule has 1 N–H and O–H groups in total. The van der Waals surface area contributed by atoms with E-state index in [-0.39, 0.29) is 0 Å². The Kier molecular flexibility index (Phi) is 4.48. The minimum absolute atomic E-state index is 0.681. The van der Waals surface area contributed by atoms with Gasteiger partial charge >= 0.3 is 0 Å². The van der Waals surface area contributed by atoms with E-state index in [9.17, 15) is 0 Å². The largest absolute Gasteiger partial charge is 0.371 e. The van der Waals surface area contributed by atoms with Gasteiger partial charge in [-0.1, -0.05) is 19.8 Å². The topological polar surface area (TPSA) is 28.2 Å². The molecule has 0 bridgehead atoms. The zero-order valence-corrected chi connectivity index (χ0v) is 13.7. The van der Waals surface area contributed by atoms with E-state index >= 15 is 0 Å². The van der Waals surface area contributed by atoms with Crippen molar-refractivity contribution in [3.63, 3.8) is 0 Å². The standard InChI is InChI=1S/C18H29N3/c1-13-6-4-5-7-17(13)21(3)18-10-14(2)19-11-15(18)12-20-16-8-9-16/h10-11,13,16-17,20H,4-9,12H2,1-3H3. The molecule has 1 heterocycles. The molecule has 2 atom stereocenters. The molecule has 2 unspecified atom stereocenters. The molecule has 116 valence electrons. The molecule has 0 aliphatic heterocycles. The molecule has 3 rings (SSSR count). The van der Waals surface area contributed by atoms with Gasteiger partial charge in [0.05, 0.1) is 0 Å². The predicted molar refractivity (Wildman–Crippen MR) is 88.7 cm³/mol. The lowest BCUT2D eigenvalue weighted by Gasteiger charge is -2.38. The van der Waals surface area contributed by atoms with Crippen molar-refractivity contribution in [2.24, 2.45) is 5.92 Å². The van der Waals surface area contributed by atoms with Crippen LogP contribution in [0.3, 0.4) is 0 Å². The second-order valence-electron chi connectivity index (χ2n) is 7.05. The summed E-state index contributed by atoms with van der Waals surface area (Å²) in [5, 5.41) is 3.64. The van der Waals surface area contributed by atoms with Crippen LogP contribution in [-0.4, -0.2) is 24.1 Å². The number of nitrogens with zero attached hydrogens (tertiary/aromatic N) is 2. The molecular weight excluding hydrogens is 258 g/mol. The van der Waals surface area contributed by atoms with Gasteiger partial charge in [0.2, 0.25) is 0 Å². The van der Waals surface area contributed by atoms with Crippen LogP contribution >= 0.6 is 0 Å². The van der Waals surface area contributed by atoms with Crippen molar-refractivity contribution in [1.29, 1.82) is 0 Å². The molecule has 0 amide bonds. The number of aromatic nitrogens is 1. The molecule has 21 heavy (non-hydrogen) atoms. The Morgan fingerprint density at radius 1 is 1.24 bits per heavy atom. The first-order valence-corrected chi connectivity index (χ1v) is 8.57. The number of pyridine rings is 1. The summed E-state index contributed by atoms with van der Waals surface area (Å²) in [6, 6.07) is 3.70. The second kappa shape index (κ2) is 6.35. The van der Waals surface area contributed by atoms with Gasteiger partial charge in [0, 0.05) is 48.8 Å². The molecule has 3 nitrogen and oxygen atoms in total. The molecule has 0 spiro atoms. The summed E-state index contributed by atoms with van der Waals surface area (Å²) in [5.41, 5.74) is 3.86. The van der Waals surface area contributed by atoms with Gasteiger partial charge in [-0.3, -0.25) is 4.98 Å². The summed E-state index contributed by atoms with van der Waals surface area (Å²) in [7, 11) is 2.28. The monoisotopic (exact) mass is 287 g/mol. The van der Waals surface area contributed by atoms with Crippen molar-refractivity contribution in [3.05, 3.63) is 23.5 Å². The molecule has 1 aromatic heterocycles. The Balaban J connectivity index is 1.78. The Morgan fingerprint density at radius 3 is 2.71 bits per heavy atom. The van der Waals surface area contributed by atoms with Gasteiger partial charge in [-0.05, 0) is 44.6 Å². The van der Waals surface area contributed by atoms with E-state index in [1.807, 2.05) is 0 Å². The quantitative estimate of drug-likeness (QED) is 0.896. The Morgan fingerprint density at radius 2 is 2.00 bits per heavy atom. The average molecular weight is 287 g/mol. The van der Waals surface area contributed by atoms with E-state index in [0.29, 0.717) is 6.04 Å². The maximum absolute atomic E-state index is 4.52. The first kappa shape index (κ1) is 14.8. The number of hydrogen-bond acceptors (Lipinski definition) is 3. The fourth-order valence-electron chi connectivity index (χ4n) is 3.63. The first-order valence-electron chi connectivity index (χ1n) is 8.57. The normalized spacial score (nSPS) is 25.9. The minimum Gasteiger partial charge on any atom is -0.371 e. The van der Waals surface area contributed by atoms with Gasteiger partial charge in [0.1, 0.15) is 0 Å². The number of rotatable bonds is 5. The Labute approximate surface area is 129 Å². The van der Waals surface area contributed by atoms with Crippen molar-refractivity contribution in [2.75, 3.05) is 11.9 Å². The van der Waals surface area contributed by atoms with Gasteiger partial charge in [-0.2, -0.15) is 0 Å². The van der Waals surface area contributed by atoms with Gasteiger partial charge in [-0.15, -0.1) is 0 Å².